The van der Waals surface area contributed by atoms with Gasteiger partial charge in [-0.3, -0.25) is 10.2 Å². The first-order valence-electron chi connectivity index (χ1n) is 8.05. The molecule has 0 radical (unpaired) electrons. The molecule has 1 fully saturated rings. The lowest BCUT2D eigenvalue weighted by Gasteiger charge is -2.30. The molecule has 24 heavy (non-hydrogen) atoms. The normalized spacial score (nSPS) is 17.2. The number of hydrazine groups is 1. The third-order valence-corrected chi connectivity index (χ3v) is 4.31. The quantitative estimate of drug-likeness (QED) is 0.910. The van der Waals surface area contributed by atoms with E-state index in [-0.39, 0.29) is 24.4 Å². The van der Waals surface area contributed by atoms with E-state index in [1.165, 1.54) is 6.07 Å². The van der Waals surface area contributed by atoms with Crippen molar-refractivity contribution in [3.63, 3.8) is 0 Å². The maximum absolute atomic E-state index is 13.8. The van der Waals surface area contributed by atoms with Gasteiger partial charge in [-0.25, -0.2) is 5.01 Å². The average Bonchev–Trinajstić information content (AvgIpc) is 2.92. The number of hydrogen-bond acceptors (Lipinski definition) is 2. The number of carbonyl (C=O) groups excluding carboxylic acids is 1. The summed E-state index contributed by atoms with van der Waals surface area (Å²) < 4.78 is 41.5. The fourth-order valence-corrected chi connectivity index (χ4v) is 3.36. The molecule has 0 spiro atoms. The Morgan fingerprint density at radius 2 is 1.92 bits per heavy atom. The Bertz CT molecular complexity index is 752. The van der Waals surface area contributed by atoms with Crippen molar-refractivity contribution in [1.29, 1.82) is 0 Å². The van der Waals surface area contributed by atoms with E-state index in [0.717, 1.165) is 22.4 Å². The van der Waals surface area contributed by atoms with E-state index >= 15 is 0 Å². The number of nitrogens with zero attached hydrogens (tertiary/aromatic N) is 1. The molecule has 1 aliphatic rings. The third kappa shape index (κ3) is 3.11. The second-order valence-electron chi connectivity index (χ2n) is 6.04. The molecular weight excluding hydrogens is 317 g/mol. The Hall–Kier alpha value is -2.08. The lowest BCUT2D eigenvalue weighted by Crippen LogP contribution is -2.43. The second kappa shape index (κ2) is 6.43. The van der Waals surface area contributed by atoms with Crippen LogP contribution in [0, 0.1) is 0 Å². The van der Waals surface area contributed by atoms with Crippen LogP contribution in [0.2, 0.25) is 0 Å². The molecule has 0 aliphatic carbocycles. The molecule has 0 aromatic heterocycles. The summed E-state index contributed by atoms with van der Waals surface area (Å²) in [5.74, 6) is -0.377. The predicted octanol–water partition coefficient (Wildman–Crippen LogP) is 4.13. The van der Waals surface area contributed by atoms with Crippen LogP contribution in [-0.2, 0) is 11.2 Å². The number of alkyl halides is 3. The largest absolute Gasteiger partial charge is 0.409 e. The molecule has 3 nitrogen and oxygen atoms in total. The summed E-state index contributed by atoms with van der Waals surface area (Å²) in [5.41, 5.74) is 3.46. The lowest BCUT2D eigenvalue weighted by atomic mass is 9.92. The van der Waals surface area contributed by atoms with Crippen LogP contribution in [0.3, 0.4) is 0 Å². The Balaban J connectivity index is 2.19. The molecule has 2 aromatic rings. The number of amides is 1. The Morgan fingerprint density at radius 3 is 2.50 bits per heavy atom. The molecule has 1 N–H and O–H groups in total. The van der Waals surface area contributed by atoms with Crippen LogP contribution in [0.5, 0.6) is 0 Å². The third-order valence-electron chi connectivity index (χ3n) is 4.31. The summed E-state index contributed by atoms with van der Waals surface area (Å²) in [7, 11) is 0. The first kappa shape index (κ1) is 16.8. The zero-order chi connectivity index (χ0) is 17.3. The van der Waals surface area contributed by atoms with Crippen LogP contribution in [0.25, 0.3) is 10.8 Å². The summed E-state index contributed by atoms with van der Waals surface area (Å²) in [5, 5.41) is 2.45. The molecule has 1 atom stereocenters. The van der Waals surface area contributed by atoms with E-state index < -0.39 is 12.2 Å². The minimum absolute atomic E-state index is 0.0509. The van der Waals surface area contributed by atoms with Crippen LogP contribution in [0.15, 0.2) is 36.4 Å². The number of halogens is 3. The second-order valence-corrected chi connectivity index (χ2v) is 6.04. The number of aryl methyl sites for hydroxylation is 1. The number of carbonyl (C=O) groups is 1. The first-order valence-corrected chi connectivity index (χ1v) is 8.05. The molecule has 1 heterocycles. The minimum atomic E-state index is -4.48. The maximum Gasteiger partial charge on any atom is 0.409 e. The highest BCUT2D eigenvalue weighted by Gasteiger charge is 2.47. The van der Waals surface area contributed by atoms with Crippen LogP contribution < -0.4 is 5.43 Å². The summed E-state index contributed by atoms with van der Waals surface area (Å²) in [6.45, 7) is 2.05. The van der Waals surface area contributed by atoms with Gasteiger partial charge in [0.15, 0.2) is 6.04 Å². The van der Waals surface area contributed by atoms with Gasteiger partial charge < -0.3 is 0 Å². The highest BCUT2D eigenvalue weighted by atomic mass is 19.4. The van der Waals surface area contributed by atoms with Crippen molar-refractivity contribution in [3.8, 4) is 0 Å². The molecule has 1 unspecified atom stereocenters. The van der Waals surface area contributed by atoms with E-state index in [9.17, 15) is 18.0 Å². The number of nitrogens with one attached hydrogen (secondary N) is 1. The van der Waals surface area contributed by atoms with Gasteiger partial charge in [0.2, 0.25) is 5.91 Å². The smallest absolute Gasteiger partial charge is 0.288 e. The number of rotatable bonds is 4. The molecule has 0 saturated carbocycles. The zero-order valence-electron chi connectivity index (χ0n) is 13.4. The first-order chi connectivity index (χ1) is 11.4. The van der Waals surface area contributed by atoms with Crippen molar-refractivity contribution in [3.05, 3.63) is 47.5 Å². The molecule has 1 aliphatic heterocycles. The van der Waals surface area contributed by atoms with Gasteiger partial charge in [0.1, 0.15) is 0 Å². The summed E-state index contributed by atoms with van der Waals surface area (Å²) in [6.07, 6.45) is -2.83. The molecule has 1 amide bonds. The van der Waals surface area contributed by atoms with Gasteiger partial charge in [-0.05, 0) is 28.3 Å². The fourth-order valence-electron chi connectivity index (χ4n) is 3.36. The standard InChI is InChI=1S/C18H19F3N2O/c1-2-5-12-6-3-7-13-8-4-9-14(16(12)13)17(18(19,20)21)23-11-10-15(24)22-23/h3-4,6-9,17H,2,5,10-11H2,1H3,(H,22,24). The van der Waals surface area contributed by atoms with Crippen molar-refractivity contribution in [2.45, 2.75) is 38.4 Å². The maximum atomic E-state index is 13.8. The van der Waals surface area contributed by atoms with Crippen LogP contribution in [-0.4, -0.2) is 23.6 Å². The van der Waals surface area contributed by atoms with Gasteiger partial charge in [-0.1, -0.05) is 49.7 Å². The Morgan fingerprint density at radius 1 is 1.21 bits per heavy atom. The van der Waals surface area contributed by atoms with E-state index in [4.69, 9.17) is 0 Å². The number of fused-ring (bicyclic) bond motifs is 1. The Kier molecular flexibility index (Phi) is 4.49. The van der Waals surface area contributed by atoms with Crippen LogP contribution in [0.4, 0.5) is 13.2 Å². The molecule has 3 rings (SSSR count). The average molecular weight is 336 g/mol. The highest BCUT2D eigenvalue weighted by Crippen LogP contribution is 2.41. The predicted molar refractivity (Wildman–Crippen MR) is 86.2 cm³/mol. The van der Waals surface area contributed by atoms with Gasteiger partial charge >= 0.3 is 6.18 Å². The fraction of sp³-hybridized carbons (Fsp3) is 0.389. The molecule has 0 bridgehead atoms. The molecule has 128 valence electrons. The van der Waals surface area contributed by atoms with Crippen LogP contribution >= 0.6 is 0 Å². The van der Waals surface area contributed by atoms with Crippen LogP contribution in [0.1, 0.15) is 36.9 Å². The van der Waals surface area contributed by atoms with Gasteiger partial charge in [0.25, 0.3) is 0 Å². The molecule has 2 aromatic carbocycles. The highest BCUT2D eigenvalue weighted by molar-refractivity contribution is 5.89. The van der Waals surface area contributed by atoms with E-state index in [0.29, 0.717) is 11.8 Å². The minimum Gasteiger partial charge on any atom is -0.288 e. The molecule has 1 saturated heterocycles. The SMILES string of the molecule is CCCc1cccc2cccc(C(N3CCC(=O)N3)C(F)(F)F)c12. The van der Waals surface area contributed by atoms with Gasteiger partial charge in [-0.15, -0.1) is 0 Å². The summed E-state index contributed by atoms with van der Waals surface area (Å²) in [4.78, 5) is 11.4. The van der Waals surface area contributed by atoms with Crippen molar-refractivity contribution in [2.75, 3.05) is 6.54 Å². The monoisotopic (exact) mass is 336 g/mol. The van der Waals surface area contributed by atoms with Crippen molar-refractivity contribution in [2.24, 2.45) is 0 Å². The summed E-state index contributed by atoms with van der Waals surface area (Å²) >= 11 is 0. The number of hydrogen-bond donors (Lipinski definition) is 1. The lowest BCUT2D eigenvalue weighted by molar-refractivity contribution is -0.190. The molecular formula is C18H19F3N2O. The topological polar surface area (TPSA) is 32.3 Å². The zero-order valence-corrected chi connectivity index (χ0v) is 13.4. The van der Waals surface area contributed by atoms with Crippen molar-refractivity contribution >= 4 is 16.7 Å². The van der Waals surface area contributed by atoms with Crippen molar-refractivity contribution in [1.82, 2.24) is 10.4 Å². The Labute approximate surface area is 138 Å². The van der Waals surface area contributed by atoms with Gasteiger partial charge in [0.05, 0.1) is 0 Å². The van der Waals surface area contributed by atoms with Crippen molar-refractivity contribution < 1.29 is 18.0 Å². The van der Waals surface area contributed by atoms with Gasteiger partial charge in [-0.2, -0.15) is 13.2 Å². The van der Waals surface area contributed by atoms with Gasteiger partial charge in [0, 0.05) is 13.0 Å². The van der Waals surface area contributed by atoms with E-state index in [2.05, 4.69) is 5.43 Å². The number of benzene rings is 2. The van der Waals surface area contributed by atoms with E-state index in [1.54, 1.807) is 6.07 Å². The summed E-state index contributed by atoms with van der Waals surface area (Å²) in [6, 6.07) is 8.73. The van der Waals surface area contributed by atoms with E-state index in [1.807, 2.05) is 31.2 Å². The molecule has 6 heteroatoms.